The number of hydrogen-bond acceptors (Lipinski definition) is 3. The number of aryl methyl sites for hydroxylation is 1. The minimum Gasteiger partial charge on any atom is -0.493 e. The van der Waals surface area contributed by atoms with Gasteiger partial charge < -0.3 is 14.8 Å². The summed E-state index contributed by atoms with van der Waals surface area (Å²) in [6, 6.07) is 4.51. The lowest BCUT2D eigenvalue weighted by atomic mass is 9.84. The first-order valence-electron chi connectivity index (χ1n) is 8.42. The number of carbonyl (C=O) groups is 1. The van der Waals surface area contributed by atoms with Crippen molar-refractivity contribution in [2.75, 3.05) is 14.2 Å². The smallest absolute Gasteiger partial charge is 0.393 e. The summed E-state index contributed by atoms with van der Waals surface area (Å²) in [5.41, 5.74) is 0.865. The lowest BCUT2D eigenvalue weighted by Crippen LogP contribution is -2.47. The molecule has 0 radical (unpaired) electrons. The standard InChI is InChI=1S/C18H24F3NO3/c1-24-15-9-7-12(11-16(15)25-2)8-10-17(23)22-14-6-4-3-5-13(14)18(19,20)21/h7,9,11,13-14H,3-6,8,10H2,1-2H3,(H,22,23). The zero-order valence-corrected chi connectivity index (χ0v) is 14.5. The summed E-state index contributed by atoms with van der Waals surface area (Å²) in [5.74, 6) is -0.641. The zero-order valence-electron chi connectivity index (χ0n) is 14.5. The summed E-state index contributed by atoms with van der Waals surface area (Å²) in [4.78, 5) is 12.1. The normalized spacial score (nSPS) is 20.8. The molecule has 0 spiro atoms. The van der Waals surface area contributed by atoms with Crippen LogP contribution in [0.25, 0.3) is 0 Å². The van der Waals surface area contributed by atoms with Crippen molar-refractivity contribution in [2.45, 2.75) is 50.7 Å². The average Bonchev–Trinajstić information content (AvgIpc) is 2.59. The largest absolute Gasteiger partial charge is 0.493 e. The van der Waals surface area contributed by atoms with Gasteiger partial charge in [-0.3, -0.25) is 4.79 Å². The van der Waals surface area contributed by atoms with Crippen LogP contribution in [0.2, 0.25) is 0 Å². The van der Waals surface area contributed by atoms with Gasteiger partial charge in [-0.2, -0.15) is 13.2 Å². The van der Waals surface area contributed by atoms with Gasteiger partial charge in [0.2, 0.25) is 5.91 Å². The second-order valence-electron chi connectivity index (χ2n) is 6.30. The van der Waals surface area contributed by atoms with Crippen LogP contribution in [0.1, 0.15) is 37.7 Å². The number of ether oxygens (including phenoxy) is 2. The molecule has 0 saturated heterocycles. The molecule has 7 heteroatoms. The molecule has 140 valence electrons. The van der Waals surface area contributed by atoms with E-state index in [9.17, 15) is 18.0 Å². The van der Waals surface area contributed by atoms with Crippen LogP contribution in [-0.4, -0.2) is 32.3 Å². The monoisotopic (exact) mass is 359 g/mol. The van der Waals surface area contributed by atoms with E-state index in [1.807, 2.05) is 6.07 Å². The van der Waals surface area contributed by atoms with E-state index in [1.54, 1.807) is 12.1 Å². The second kappa shape index (κ2) is 8.45. The zero-order chi connectivity index (χ0) is 18.4. The maximum atomic E-state index is 13.1. The van der Waals surface area contributed by atoms with Crippen LogP contribution in [0, 0.1) is 5.92 Å². The van der Waals surface area contributed by atoms with Gasteiger partial charge in [-0.15, -0.1) is 0 Å². The highest BCUT2D eigenvalue weighted by Crippen LogP contribution is 2.37. The van der Waals surface area contributed by atoms with Crippen molar-refractivity contribution < 1.29 is 27.4 Å². The number of rotatable bonds is 6. The molecule has 1 aliphatic rings. The van der Waals surface area contributed by atoms with E-state index in [0.717, 1.165) is 5.56 Å². The molecule has 25 heavy (non-hydrogen) atoms. The first kappa shape index (κ1) is 19.4. The third-order valence-electron chi connectivity index (χ3n) is 4.62. The molecule has 0 heterocycles. The van der Waals surface area contributed by atoms with Gasteiger partial charge in [-0.1, -0.05) is 18.9 Å². The molecule has 2 rings (SSSR count). The Labute approximate surface area is 145 Å². The van der Waals surface area contributed by atoms with Crippen LogP contribution < -0.4 is 14.8 Å². The fourth-order valence-electron chi connectivity index (χ4n) is 3.27. The van der Waals surface area contributed by atoms with E-state index in [4.69, 9.17) is 9.47 Å². The number of benzene rings is 1. The van der Waals surface area contributed by atoms with Crippen molar-refractivity contribution in [3.05, 3.63) is 23.8 Å². The lowest BCUT2D eigenvalue weighted by Gasteiger charge is -2.33. The maximum absolute atomic E-state index is 13.1. The topological polar surface area (TPSA) is 47.6 Å². The molecular formula is C18H24F3NO3. The summed E-state index contributed by atoms with van der Waals surface area (Å²) < 4.78 is 49.6. The van der Waals surface area contributed by atoms with Crippen LogP contribution in [0.15, 0.2) is 18.2 Å². The van der Waals surface area contributed by atoms with Crippen molar-refractivity contribution >= 4 is 5.91 Å². The molecule has 4 nitrogen and oxygen atoms in total. The first-order valence-corrected chi connectivity index (χ1v) is 8.42. The SMILES string of the molecule is COc1ccc(CCC(=O)NC2CCCCC2C(F)(F)F)cc1OC. The van der Waals surface area contributed by atoms with Crippen LogP contribution in [0.4, 0.5) is 13.2 Å². The predicted molar refractivity (Wildman–Crippen MR) is 87.8 cm³/mol. The Kier molecular flexibility index (Phi) is 6.56. The van der Waals surface area contributed by atoms with Crippen molar-refractivity contribution in [1.29, 1.82) is 0 Å². The fourth-order valence-corrected chi connectivity index (χ4v) is 3.27. The minimum atomic E-state index is -4.26. The highest BCUT2D eigenvalue weighted by molar-refractivity contribution is 5.76. The molecule has 1 N–H and O–H groups in total. The van der Waals surface area contributed by atoms with E-state index >= 15 is 0 Å². The van der Waals surface area contributed by atoms with E-state index in [1.165, 1.54) is 14.2 Å². The average molecular weight is 359 g/mol. The Morgan fingerprint density at radius 3 is 2.48 bits per heavy atom. The number of methoxy groups -OCH3 is 2. The number of alkyl halides is 3. The van der Waals surface area contributed by atoms with Crippen molar-refractivity contribution in [3.63, 3.8) is 0 Å². The Morgan fingerprint density at radius 1 is 1.16 bits per heavy atom. The molecule has 1 fully saturated rings. The third-order valence-corrected chi connectivity index (χ3v) is 4.62. The molecular weight excluding hydrogens is 335 g/mol. The molecule has 1 aromatic rings. The molecule has 2 unspecified atom stereocenters. The summed E-state index contributed by atoms with van der Waals surface area (Å²) >= 11 is 0. The Hall–Kier alpha value is -1.92. The Morgan fingerprint density at radius 2 is 1.84 bits per heavy atom. The molecule has 0 aromatic heterocycles. The van der Waals surface area contributed by atoms with Gasteiger partial charge in [0.25, 0.3) is 0 Å². The van der Waals surface area contributed by atoms with Gasteiger partial charge in [0.15, 0.2) is 11.5 Å². The van der Waals surface area contributed by atoms with E-state index in [2.05, 4.69) is 5.32 Å². The minimum absolute atomic E-state index is 0.0874. The molecule has 0 bridgehead atoms. The van der Waals surface area contributed by atoms with Gasteiger partial charge in [0.1, 0.15) is 0 Å². The number of amides is 1. The van der Waals surface area contributed by atoms with Gasteiger partial charge in [0.05, 0.1) is 20.1 Å². The van der Waals surface area contributed by atoms with Crippen molar-refractivity contribution in [2.24, 2.45) is 5.92 Å². The number of halogens is 3. The number of hydrogen-bond donors (Lipinski definition) is 1. The molecule has 1 aromatic carbocycles. The quantitative estimate of drug-likeness (QED) is 0.839. The van der Waals surface area contributed by atoms with Gasteiger partial charge >= 0.3 is 6.18 Å². The lowest BCUT2D eigenvalue weighted by molar-refractivity contribution is -0.189. The Balaban J connectivity index is 1.92. The maximum Gasteiger partial charge on any atom is 0.393 e. The summed E-state index contributed by atoms with van der Waals surface area (Å²) in [6.45, 7) is 0. The molecule has 1 saturated carbocycles. The Bertz CT molecular complexity index is 589. The van der Waals surface area contributed by atoms with Gasteiger partial charge in [0, 0.05) is 12.5 Å². The van der Waals surface area contributed by atoms with E-state index in [-0.39, 0.29) is 18.7 Å². The molecule has 1 aliphatic carbocycles. The van der Waals surface area contributed by atoms with Crippen LogP contribution in [-0.2, 0) is 11.2 Å². The fraction of sp³-hybridized carbons (Fsp3) is 0.611. The highest BCUT2D eigenvalue weighted by Gasteiger charge is 2.45. The van der Waals surface area contributed by atoms with E-state index in [0.29, 0.717) is 37.2 Å². The molecule has 1 amide bonds. The van der Waals surface area contributed by atoms with Gasteiger partial charge in [-0.05, 0) is 37.0 Å². The number of nitrogens with one attached hydrogen (secondary N) is 1. The summed E-state index contributed by atoms with van der Waals surface area (Å²) in [7, 11) is 3.06. The first-order chi connectivity index (χ1) is 11.8. The van der Waals surface area contributed by atoms with Crippen LogP contribution >= 0.6 is 0 Å². The van der Waals surface area contributed by atoms with Crippen molar-refractivity contribution in [1.82, 2.24) is 5.32 Å². The molecule has 0 aliphatic heterocycles. The highest BCUT2D eigenvalue weighted by atomic mass is 19.4. The van der Waals surface area contributed by atoms with Gasteiger partial charge in [-0.25, -0.2) is 0 Å². The van der Waals surface area contributed by atoms with Crippen molar-refractivity contribution in [3.8, 4) is 11.5 Å². The van der Waals surface area contributed by atoms with Crippen LogP contribution in [0.5, 0.6) is 11.5 Å². The van der Waals surface area contributed by atoms with E-state index < -0.39 is 18.1 Å². The number of carbonyl (C=O) groups excluding carboxylic acids is 1. The van der Waals surface area contributed by atoms with Crippen LogP contribution in [0.3, 0.4) is 0 Å². The summed E-state index contributed by atoms with van der Waals surface area (Å²) in [5, 5.41) is 2.58. The second-order valence-corrected chi connectivity index (χ2v) is 6.30. The predicted octanol–water partition coefficient (Wildman–Crippen LogP) is 3.87. The molecule has 2 atom stereocenters. The summed E-state index contributed by atoms with van der Waals surface area (Å²) in [6.07, 6.45) is -1.96. The third kappa shape index (κ3) is 5.28.